The van der Waals surface area contributed by atoms with E-state index in [1.807, 2.05) is 0 Å². The molecule has 0 spiro atoms. The van der Waals surface area contributed by atoms with Gasteiger partial charge >= 0.3 is 5.97 Å². The summed E-state index contributed by atoms with van der Waals surface area (Å²) in [6, 6.07) is -0.694. The predicted molar refractivity (Wildman–Crippen MR) is 56.9 cm³/mol. The molecule has 3 N–H and O–H groups in total. The van der Waals surface area contributed by atoms with Crippen LogP contribution in [0.2, 0.25) is 0 Å². The molecule has 1 heterocycles. The van der Waals surface area contributed by atoms with E-state index in [1.165, 1.54) is 0 Å². The van der Waals surface area contributed by atoms with Gasteiger partial charge in [-0.05, 0) is 20.3 Å². The molecule has 1 aliphatic rings. The van der Waals surface area contributed by atoms with E-state index in [-0.39, 0.29) is 19.0 Å². The smallest absolute Gasteiger partial charge is 0.322 e. The Morgan fingerprint density at radius 2 is 2.25 bits per heavy atom. The van der Waals surface area contributed by atoms with Crippen LogP contribution >= 0.6 is 0 Å². The van der Waals surface area contributed by atoms with Crippen LogP contribution in [0.3, 0.4) is 0 Å². The molecule has 1 rings (SSSR count). The number of carbonyl (C=O) groups excluding carboxylic acids is 1. The number of carboxylic acid groups (broad SMARTS) is 1. The van der Waals surface area contributed by atoms with Crippen LogP contribution in [0, 0.1) is 0 Å². The van der Waals surface area contributed by atoms with Crippen molar-refractivity contribution in [1.29, 1.82) is 0 Å². The summed E-state index contributed by atoms with van der Waals surface area (Å²) in [4.78, 5) is 23.7. The fourth-order valence-corrected chi connectivity index (χ4v) is 1.59. The molecule has 0 aromatic carbocycles. The minimum absolute atomic E-state index is 0.0764. The zero-order chi connectivity index (χ0) is 12.3. The topological polar surface area (TPSA) is 89.9 Å². The van der Waals surface area contributed by atoms with Crippen molar-refractivity contribution in [1.82, 2.24) is 10.2 Å². The lowest BCUT2D eigenvalue weighted by atomic mass is 10.0. The third-order valence-corrected chi connectivity index (χ3v) is 2.58. The highest BCUT2D eigenvalue weighted by Crippen LogP contribution is 2.12. The van der Waals surface area contributed by atoms with Crippen LogP contribution < -0.4 is 5.32 Å². The van der Waals surface area contributed by atoms with Crippen LogP contribution in [-0.2, 0) is 9.59 Å². The van der Waals surface area contributed by atoms with Crippen LogP contribution in [0.25, 0.3) is 0 Å². The molecule has 6 heteroatoms. The van der Waals surface area contributed by atoms with Gasteiger partial charge in [0, 0.05) is 13.1 Å². The largest absolute Gasteiger partial charge is 0.480 e. The Labute approximate surface area is 94.2 Å². The SMILES string of the molecule is CC(C)(O)CCN1CC(=O)NCC1C(=O)O. The van der Waals surface area contributed by atoms with E-state index in [1.54, 1.807) is 18.7 Å². The van der Waals surface area contributed by atoms with Gasteiger partial charge in [-0.3, -0.25) is 14.5 Å². The number of nitrogens with one attached hydrogen (secondary N) is 1. The maximum Gasteiger partial charge on any atom is 0.322 e. The maximum absolute atomic E-state index is 11.2. The summed E-state index contributed by atoms with van der Waals surface area (Å²) in [5, 5.41) is 21.0. The van der Waals surface area contributed by atoms with Crippen molar-refractivity contribution >= 4 is 11.9 Å². The highest BCUT2D eigenvalue weighted by molar-refractivity contribution is 5.83. The number of aliphatic carboxylic acids is 1. The van der Waals surface area contributed by atoms with E-state index in [0.717, 1.165) is 0 Å². The Kier molecular flexibility index (Phi) is 3.88. The molecule has 6 nitrogen and oxygen atoms in total. The van der Waals surface area contributed by atoms with Crippen LogP contribution in [0.5, 0.6) is 0 Å². The van der Waals surface area contributed by atoms with Crippen molar-refractivity contribution in [2.75, 3.05) is 19.6 Å². The van der Waals surface area contributed by atoms with Gasteiger partial charge in [-0.2, -0.15) is 0 Å². The number of carbonyl (C=O) groups is 2. The van der Waals surface area contributed by atoms with Crippen LogP contribution in [0.1, 0.15) is 20.3 Å². The van der Waals surface area contributed by atoms with E-state index in [4.69, 9.17) is 5.11 Å². The summed E-state index contributed by atoms with van der Waals surface area (Å²) in [7, 11) is 0. The number of piperazine rings is 1. The van der Waals surface area contributed by atoms with Crippen molar-refractivity contribution in [3.05, 3.63) is 0 Å². The summed E-state index contributed by atoms with van der Waals surface area (Å²) in [5.41, 5.74) is -0.850. The Bertz CT molecular complexity index is 285. The highest BCUT2D eigenvalue weighted by Gasteiger charge is 2.32. The van der Waals surface area contributed by atoms with Gasteiger partial charge in [0.1, 0.15) is 6.04 Å². The molecular weight excluding hydrogens is 212 g/mol. The van der Waals surface area contributed by atoms with E-state index in [9.17, 15) is 14.7 Å². The standard InChI is InChI=1S/C10H18N2O4/c1-10(2,16)3-4-12-6-8(13)11-5-7(12)9(14)15/h7,16H,3-6H2,1-2H3,(H,11,13)(H,14,15). The quantitative estimate of drug-likeness (QED) is 0.578. The Morgan fingerprint density at radius 3 is 2.75 bits per heavy atom. The second-order valence-corrected chi connectivity index (χ2v) is 4.69. The van der Waals surface area contributed by atoms with Crippen molar-refractivity contribution in [3.8, 4) is 0 Å². The third kappa shape index (κ3) is 3.79. The van der Waals surface area contributed by atoms with E-state index < -0.39 is 17.6 Å². The molecule has 92 valence electrons. The van der Waals surface area contributed by atoms with Gasteiger partial charge in [0.25, 0.3) is 0 Å². The summed E-state index contributed by atoms with van der Waals surface area (Å²) < 4.78 is 0. The average molecular weight is 230 g/mol. The molecule has 1 amide bonds. The Balaban J connectivity index is 2.58. The summed E-state index contributed by atoms with van der Waals surface area (Å²) >= 11 is 0. The Hall–Kier alpha value is -1.14. The normalized spacial score (nSPS) is 22.9. The number of hydrogen-bond acceptors (Lipinski definition) is 4. The summed E-state index contributed by atoms with van der Waals surface area (Å²) in [6.07, 6.45) is 0.435. The van der Waals surface area contributed by atoms with Crippen molar-refractivity contribution < 1.29 is 19.8 Å². The molecule has 0 radical (unpaired) electrons. The van der Waals surface area contributed by atoms with Crippen molar-refractivity contribution in [2.45, 2.75) is 31.9 Å². The first-order valence-corrected chi connectivity index (χ1v) is 5.25. The van der Waals surface area contributed by atoms with Gasteiger partial charge in [-0.15, -0.1) is 0 Å². The monoisotopic (exact) mass is 230 g/mol. The summed E-state index contributed by atoms with van der Waals surface area (Å²) in [6.45, 7) is 3.92. The van der Waals surface area contributed by atoms with E-state index in [0.29, 0.717) is 13.0 Å². The number of amides is 1. The fraction of sp³-hybridized carbons (Fsp3) is 0.800. The number of nitrogens with zero attached hydrogens (tertiary/aromatic N) is 1. The van der Waals surface area contributed by atoms with E-state index >= 15 is 0 Å². The molecular formula is C10H18N2O4. The minimum Gasteiger partial charge on any atom is -0.480 e. The molecule has 1 unspecified atom stereocenters. The molecule has 1 atom stereocenters. The molecule has 1 fully saturated rings. The predicted octanol–water partition coefficient (Wildman–Crippen LogP) is -0.968. The second kappa shape index (κ2) is 4.80. The first kappa shape index (κ1) is 12.9. The maximum atomic E-state index is 11.2. The number of hydrogen-bond donors (Lipinski definition) is 3. The molecule has 0 aliphatic carbocycles. The lowest BCUT2D eigenvalue weighted by molar-refractivity contribution is -0.146. The van der Waals surface area contributed by atoms with Crippen LogP contribution in [0.4, 0.5) is 0 Å². The zero-order valence-corrected chi connectivity index (χ0v) is 9.56. The lowest BCUT2D eigenvalue weighted by Crippen LogP contribution is -2.58. The molecule has 0 aromatic heterocycles. The van der Waals surface area contributed by atoms with Crippen molar-refractivity contribution in [2.24, 2.45) is 0 Å². The van der Waals surface area contributed by atoms with Crippen LogP contribution in [0.15, 0.2) is 0 Å². The molecule has 0 saturated carbocycles. The first-order valence-electron chi connectivity index (χ1n) is 5.25. The fourth-order valence-electron chi connectivity index (χ4n) is 1.59. The molecule has 0 bridgehead atoms. The highest BCUT2D eigenvalue weighted by atomic mass is 16.4. The van der Waals surface area contributed by atoms with Gasteiger partial charge in [-0.25, -0.2) is 0 Å². The second-order valence-electron chi connectivity index (χ2n) is 4.69. The summed E-state index contributed by atoms with van der Waals surface area (Å²) in [5.74, 6) is -1.12. The van der Waals surface area contributed by atoms with Gasteiger partial charge in [0.05, 0.1) is 12.1 Å². The molecule has 1 aliphatic heterocycles. The minimum atomic E-state index is -0.948. The molecule has 0 aromatic rings. The average Bonchev–Trinajstić information content (AvgIpc) is 2.13. The zero-order valence-electron chi connectivity index (χ0n) is 9.56. The first-order chi connectivity index (χ1) is 7.29. The Morgan fingerprint density at radius 1 is 1.62 bits per heavy atom. The van der Waals surface area contributed by atoms with Gasteiger partial charge in [-0.1, -0.05) is 0 Å². The van der Waals surface area contributed by atoms with Crippen molar-refractivity contribution in [3.63, 3.8) is 0 Å². The number of carboxylic acids is 1. The van der Waals surface area contributed by atoms with E-state index in [2.05, 4.69) is 5.32 Å². The molecule has 16 heavy (non-hydrogen) atoms. The number of rotatable bonds is 4. The number of aliphatic hydroxyl groups is 1. The molecule has 1 saturated heterocycles. The third-order valence-electron chi connectivity index (χ3n) is 2.58. The van der Waals surface area contributed by atoms with Gasteiger partial charge in [0.2, 0.25) is 5.91 Å². The lowest BCUT2D eigenvalue weighted by Gasteiger charge is -2.34. The van der Waals surface area contributed by atoms with Crippen LogP contribution in [-0.4, -0.2) is 58.3 Å². The van der Waals surface area contributed by atoms with Gasteiger partial charge in [0.15, 0.2) is 0 Å². The van der Waals surface area contributed by atoms with Gasteiger partial charge < -0.3 is 15.5 Å².